The summed E-state index contributed by atoms with van der Waals surface area (Å²) in [7, 11) is 0. The van der Waals surface area contributed by atoms with Gasteiger partial charge in [-0.25, -0.2) is 4.79 Å². The molecule has 0 bridgehead atoms. The van der Waals surface area contributed by atoms with Crippen LogP contribution in [0.4, 0.5) is 5.69 Å². The van der Waals surface area contributed by atoms with Gasteiger partial charge >= 0.3 is 5.97 Å². The van der Waals surface area contributed by atoms with Crippen molar-refractivity contribution in [1.29, 1.82) is 0 Å². The van der Waals surface area contributed by atoms with E-state index in [1.54, 1.807) is 0 Å². The van der Waals surface area contributed by atoms with Crippen molar-refractivity contribution in [2.24, 2.45) is 0 Å². The molecule has 0 atom stereocenters. The van der Waals surface area contributed by atoms with Gasteiger partial charge < -0.3 is 9.30 Å². The molecule has 0 aliphatic rings. The number of rotatable bonds is 6. The first-order valence-electron chi connectivity index (χ1n) is 5.61. The number of aryl methyl sites for hydroxylation is 1. The molecule has 6 heteroatoms. The van der Waals surface area contributed by atoms with Gasteiger partial charge in [0, 0.05) is 12.6 Å². The number of esters is 1. The zero-order valence-corrected chi connectivity index (χ0v) is 10.0. The molecular formula is C11H16N2O4. The van der Waals surface area contributed by atoms with Crippen molar-refractivity contribution in [3.63, 3.8) is 0 Å². The number of hydrogen-bond acceptors (Lipinski definition) is 4. The minimum absolute atomic E-state index is 0.0886. The van der Waals surface area contributed by atoms with E-state index in [0.717, 1.165) is 12.8 Å². The summed E-state index contributed by atoms with van der Waals surface area (Å²) >= 11 is 0. The highest BCUT2D eigenvalue weighted by atomic mass is 16.6. The third-order valence-corrected chi connectivity index (χ3v) is 2.37. The van der Waals surface area contributed by atoms with Gasteiger partial charge in [0.15, 0.2) is 0 Å². The van der Waals surface area contributed by atoms with Crippen LogP contribution in [0.5, 0.6) is 0 Å². The van der Waals surface area contributed by atoms with Crippen LogP contribution in [0.2, 0.25) is 0 Å². The maximum absolute atomic E-state index is 11.7. The zero-order valence-electron chi connectivity index (χ0n) is 10.0. The molecule has 0 radical (unpaired) electrons. The van der Waals surface area contributed by atoms with Crippen molar-refractivity contribution in [3.05, 3.63) is 28.1 Å². The fourth-order valence-electron chi connectivity index (χ4n) is 1.41. The minimum Gasteiger partial charge on any atom is -0.461 e. The smallest absolute Gasteiger partial charge is 0.355 e. The molecule has 0 amide bonds. The summed E-state index contributed by atoms with van der Waals surface area (Å²) < 4.78 is 6.54. The molecule has 1 rings (SSSR count). The molecular weight excluding hydrogens is 224 g/mol. The molecule has 94 valence electrons. The molecule has 0 N–H and O–H groups in total. The van der Waals surface area contributed by atoms with Crippen LogP contribution in [0.1, 0.15) is 37.2 Å². The predicted octanol–water partition coefficient (Wildman–Crippen LogP) is 2.37. The number of ether oxygens (including phenoxy) is 1. The molecule has 0 aliphatic heterocycles. The van der Waals surface area contributed by atoms with Crippen LogP contribution in [0, 0.1) is 10.1 Å². The van der Waals surface area contributed by atoms with Crippen molar-refractivity contribution >= 4 is 11.7 Å². The second-order valence-corrected chi connectivity index (χ2v) is 3.62. The summed E-state index contributed by atoms with van der Waals surface area (Å²) in [6.07, 6.45) is 3.07. The largest absolute Gasteiger partial charge is 0.461 e. The van der Waals surface area contributed by atoms with Crippen molar-refractivity contribution in [2.45, 2.75) is 33.2 Å². The Morgan fingerprint density at radius 2 is 2.24 bits per heavy atom. The maximum Gasteiger partial charge on any atom is 0.355 e. The topological polar surface area (TPSA) is 74.4 Å². The summed E-state index contributed by atoms with van der Waals surface area (Å²) in [5.74, 6) is -0.506. The Balaban J connectivity index is 2.81. The normalized spacial score (nSPS) is 10.2. The fraction of sp³-hybridized carbons (Fsp3) is 0.545. The van der Waals surface area contributed by atoms with E-state index >= 15 is 0 Å². The minimum atomic E-state index is -0.519. The molecule has 6 nitrogen and oxygen atoms in total. The van der Waals surface area contributed by atoms with E-state index in [9.17, 15) is 14.9 Å². The van der Waals surface area contributed by atoms with Crippen LogP contribution in [-0.4, -0.2) is 22.1 Å². The van der Waals surface area contributed by atoms with Crippen molar-refractivity contribution in [2.75, 3.05) is 6.61 Å². The average molecular weight is 240 g/mol. The quantitative estimate of drug-likeness (QED) is 0.331. The van der Waals surface area contributed by atoms with Crippen molar-refractivity contribution in [3.8, 4) is 0 Å². The lowest BCUT2D eigenvalue weighted by Crippen LogP contribution is -2.11. The number of hydrogen-bond donors (Lipinski definition) is 0. The van der Waals surface area contributed by atoms with E-state index < -0.39 is 10.9 Å². The summed E-state index contributed by atoms with van der Waals surface area (Å²) in [6, 6.07) is 1.25. The van der Waals surface area contributed by atoms with Crippen LogP contribution >= 0.6 is 0 Å². The summed E-state index contributed by atoms with van der Waals surface area (Å²) in [5.41, 5.74) is 0.143. The molecule has 1 aromatic heterocycles. The van der Waals surface area contributed by atoms with Crippen molar-refractivity contribution < 1.29 is 14.5 Å². The number of nitrogens with zero attached hydrogens (tertiary/aromatic N) is 2. The maximum atomic E-state index is 11.7. The molecule has 1 heterocycles. The summed E-state index contributed by atoms with van der Waals surface area (Å²) in [6.45, 7) is 4.64. The van der Waals surface area contributed by atoms with Crippen LogP contribution in [0.25, 0.3) is 0 Å². The molecule has 0 unspecified atom stereocenters. The molecule has 0 aromatic carbocycles. The van der Waals surface area contributed by atoms with E-state index in [-0.39, 0.29) is 11.4 Å². The van der Waals surface area contributed by atoms with Crippen LogP contribution in [0.15, 0.2) is 12.3 Å². The van der Waals surface area contributed by atoms with Crippen LogP contribution < -0.4 is 0 Å². The second kappa shape index (κ2) is 6.03. The third-order valence-electron chi connectivity index (χ3n) is 2.37. The summed E-state index contributed by atoms with van der Waals surface area (Å²) in [5, 5.41) is 10.6. The molecule has 0 saturated heterocycles. The van der Waals surface area contributed by atoms with Gasteiger partial charge in [-0.1, -0.05) is 13.3 Å². The number of aromatic nitrogens is 1. The van der Waals surface area contributed by atoms with E-state index in [1.807, 2.05) is 13.8 Å². The fourth-order valence-corrected chi connectivity index (χ4v) is 1.41. The predicted molar refractivity (Wildman–Crippen MR) is 62.0 cm³/mol. The highest BCUT2D eigenvalue weighted by molar-refractivity contribution is 5.88. The van der Waals surface area contributed by atoms with E-state index in [0.29, 0.717) is 13.2 Å². The Labute approximate surface area is 99.3 Å². The Bertz CT molecular complexity index is 412. The Morgan fingerprint density at radius 1 is 1.53 bits per heavy atom. The molecule has 0 spiro atoms. The molecule has 1 aromatic rings. The first-order chi connectivity index (χ1) is 8.10. The number of carbonyl (C=O) groups excluding carboxylic acids is 1. The Morgan fingerprint density at radius 3 is 2.76 bits per heavy atom. The van der Waals surface area contributed by atoms with Gasteiger partial charge in [-0.05, 0) is 13.3 Å². The second-order valence-electron chi connectivity index (χ2n) is 3.62. The monoisotopic (exact) mass is 240 g/mol. The van der Waals surface area contributed by atoms with Gasteiger partial charge in [0.25, 0.3) is 5.69 Å². The van der Waals surface area contributed by atoms with Gasteiger partial charge in [-0.2, -0.15) is 0 Å². The summed E-state index contributed by atoms with van der Waals surface area (Å²) in [4.78, 5) is 21.8. The van der Waals surface area contributed by atoms with Gasteiger partial charge in [-0.3, -0.25) is 10.1 Å². The third kappa shape index (κ3) is 3.30. The van der Waals surface area contributed by atoms with Gasteiger partial charge in [0.05, 0.1) is 17.7 Å². The van der Waals surface area contributed by atoms with Gasteiger partial charge in [0.2, 0.25) is 0 Å². The molecule has 17 heavy (non-hydrogen) atoms. The highest BCUT2D eigenvalue weighted by Gasteiger charge is 2.19. The SMILES string of the molecule is CCCCOC(=O)c1cc([N+](=O)[O-])cn1CC. The van der Waals surface area contributed by atoms with E-state index in [1.165, 1.54) is 16.8 Å². The lowest BCUT2D eigenvalue weighted by Gasteiger charge is -2.05. The van der Waals surface area contributed by atoms with Gasteiger partial charge in [0.1, 0.15) is 5.69 Å². The lowest BCUT2D eigenvalue weighted by molar-refractivity contribution is -0.384. The standard InChI is InChI=1S/C11H16N2O4/c1-3-5-6-17-11(14)10-7-9(13(15)16)8-12(10)4-2/h7-8H,3-6H2,1-2H3. The van der Waals surface area contributed by atoms with E-state index in [4.69, 9.17) is 4.74 Å². The molecule has 0 saturated carbocycles. The first kappa shape index (κ1) is 13.2. The highest BCUT2D eigenvalue weighted by Crippen LogP contribution is 2.17. The number of carbonyl (C=O) groups is 1. The van der Waals surface area contributed by atoms with Crippen molar-refractivity contribution in [1.82, 2.24) is 4.57 Å². The average Bonchev–Trinajstić information content (AvgIpc) is 2.73. The lowest BCUT2D eigenvalue weighted by atomic mass is 10.3. The Kier molecular flexibility index (Phi) is 4.68. The van der Waals surface area contributed by atoms with Crippen LogP contribution in [0.3, 0.4) is 0 Å². The zero-order chi connectivity index (χ0) is 12.8. The van der Waals surface area contributed by atoms with E-state index in [2.05, 4.69) is 0 Å². The molecule has 0 fully saturated rings. The first-order valence-corrected chi connectivity index (χ1v) is 5.61. The Hall–Kier alpha value is -1.85. The molecule has 0 aliphatic carbocycles. The van der Waals surface area contributed by atoms with Crippen LogP contribution in [-0.2, 0) is 11.3 Å². The number of nitro groups is 1. The number of unbranched alkanes of at least 4 members (excludes halogenated alkanes) is 1. The van der Waals surface area contributed by atoms with Gasteiger partial charge in [-0.15, -0.1) is 0 Å².